The smallest absolute Gasteiger partial charge is 0.0850 e. The Labute approximate surface area is 83.7 Å². The molecule has 0 bridgehead atoms. The number of aromatic nitrogens is 3. The molecule has 0 aliphatic heterocycles. The summed E-state index contributed by atoms with van der Waals surface area (Å²) >= 11 is 0. The summed E-state index contributed by atoms with van der Waals surface area (Å²) < 4.78 is 6.96. The van der Waals surface area contributed by atoms with Crippen molar-refractivity contribution in [3.63, 3.8) is 0 Å². The second-order valence-electron chi connectivity index (χ2n) is 3.06. The summed E-state index contributed by atoms with van der Waals surface area (Å²) in [4.78, 5) is 0. The van der Waals surface area contributed by atoms with Gasteiger partial charge in [-0.3, -0.25) is 4.68 Å². The molecule has 0 saturated heterocycles. The molecule has 1 aromatic heterocycles. The number of rotatable bonds is 7. The minimum absolute atomic E-state index is 0.0719. The van der Waals surface area contributed by atoms with E-state index in [2.05, 4.69) is 17.2 Å². The Balaban J connectivity index is 2.22. The Morgan fingerprint density at radius 1 is 1.50 bits per heavy atom. The van der Waals surface area contributed by atoms with Crippen LogP contribution in [0.25, 0.3) is 0 Å². The molecule has 0 unspecified atom stereocenters. The zero-order valence-corrected chi connectivity index (χ0v) is 8.52. The van der Waals surface area contributed by atoms with Crippen LogP contribution in [0.2, 0.25) is 0 Å². The summed E-state index contributed by atoms with van der Waals surface area (Å²) in [6.45, 7) is 4.06. The molecular weight excluding hydrogens is 182 g/mol. The fraction of sp³-hybridized carbons (Fsp3) is 0.778. The molecule has 0 spiro atoms. The van der Waals surface area contributed by atoms with E-state index in [4.69, 9.17) is 9.84 Å². The molecule has 5 heteroatoms. The third kappa shape index (κ3) is 3.85. The lowest BCUT2D eigenvalue weighted by Gasteiger charge is -1.98. The Morgan fingerprint density at radius 3 is 3.07 bits per heavy atom. The van der Waals surface area contributed by atoms with Gasteiger partial charge in [0, 0.05) is 19.2 Å². The predicted molar refractivity (Wildman–Crippen MR) is 51.9 cm³/mol. The Kier molecular flexibility index (Phi) is 5.17. The average molecular weight is 199 g/mol. The monoisotopic (exact) mass is 199 g/mol. The highest BCUT2D eigenvalue weighted by atomic mass is 16.5. The summed E-state index contributed by atoms with van der Waals surface area (Å²) in [6, 6.07) is 0. The standard InChI is InChI=1S/C9H17N3O2/c1-2-4-12-8-9(10-11-12)3-6-14-7-5-13/h8,13H,2-7H2,1H3. The lowest BCUT2D eigenvalue weighted by atomic mass is 10.3. The van der Waals surface area contributed by atoms with E-state index in [1.807, 2.05) is 10.9 Å². The first kappa shape index (κ1) is 11.1. The van der Waals surface area contributed by atoms with Crippen molar-refractivity contribution in [2.45, 2.75) is 26.3 Å². The van der Waals surface area contributed by atoms with Gasteiger partial charge in [0.2, 0.25) is 0 Å². The molecule has 5 nitrogen and oxygen atoms in total. The summed E-state index contributed by atoms with van der Waals surface area (Å²) in [5, 5.41) is 16.4. The lowest BCUT2D eigenvalue weighted by Crippen LogP contribution is -2.03. The number of aliphatic hydroxyl groups excluding tert-OH is 1. The van der Waals surface area contributed by atoms with Crippen LogP contribution in [0.15, 0.2) is 6.20 Å². The van der Waals surface area contributed by atoms with Crippen LogP contribution in [0.4, 0.5) is 0 Å². The van der Waals surface area contributed by atoms with Crippen LogP contribution in [0.1, 0.15) is 19.0 Å². The van der Waals surface area contributed by atoms with E-state index in [1.54, 1.807) is 0 Å². The van der Waals surface area contributed by atoms with Gasteiger partial charge in [-0.05, 0) is 6.42 Å². The van der Waals surface area contributed by atoms with E-state index in [1.165, 1.54) is 0 Å². The van der Waals surface area contributed by atoms with Gasteiger partial charge in [-0.25, -0.2) is 0 Å². The molecule has 1 heterocycles. The van der Waals surface area contributed by atoms with Crippen LogP contribution in [0, 0.1) is 0 Å². The number of aryl methyl sites for hydroxylation is 1. The minimum atomic E-state index is 0.0719. The highest BCUT2D eigenvalue weighted by Gasteiger charge is 1.99. The second kappa shape index (κ2) is 6.50. The molecule has 1 rings (SSSR count). The molecule has 80 valence electrons. The molecule has 0 aliphatic rings. The normalized spacial score (nSPS) is 10.7. The van der Waals surface area contributed by atoms with Crippen molar-refractivity contribution < 1.29 is 9.84 Å². The number of hydrogen-bond donors (Lipinski definition) is 1. The van der Waals surface area contributed by atoms with Crippen LogP contribution < -0.4 is 0 Å². The van der Waals surface area contributed by atoms with Gasteiger partial charge in [-0.2, -0.15) is 0 Å². The highest BCUT2D eigenvalue weighted by molar-refractivity contribution is 4.92. The minimum Gasteiger partial charge on any atom is -0.394 e. The number of hydrogen-bond acceptors (Lipinski definition) is 4. The van der Waals surface area contributed by atoms with Crippen molar-refractivity contribution >= 4 is 0 Å². The van der Waals surface area contributed by atoms with Gasteiger partial charge in [0.1, 0.15) is 0 Å². The Morgan fingerprint density at radius 2 is 2.36 bits per heavy atom. The Hall–Kier alpha value is -0.940. The van der Waals surface area contributed by atoms with E-state index in [0.29, 0.717) is 13.2 Å². The average Bonchev–Trinajstić information content (AvgIpc) is 2.61. The topological polar surface area (TPSA) is 60.2 Å². The number of ether oxygens (including phenoxy) is 1. The van der Waals surface area contributed by atoms with Crippen molar-refractivity contribution in [1.29, 1.82) is 0 Å². The molecule has 0 amide bonds. The third-order valence-electron chi connectivity index (χ3n) is 1.78. The van der Waals surface area contributed by atoms with Crippen molar-refractivity contribution in [1.82, 2.24) is 15.0 Å². The van der Waals surface area contributed by atoms with Crippen LogP contribution in [0.3, 0.4) is 0 Å². The van der Waals surface area contributed by atoms with Crippen molar-refractivity contribution in [2.75, 3.05) is 19.8 Å². The molecule has 0 radical (unpaired) electrons. The predicted octanol–water partition coefficient (Wildman–Crippen LogP) is 0.239. The second-order valence-corrected chi connectivity index (χ2v) is 3.06. The van der Waals surface area contributed by atoms with E-state index >= 15 is 0 Å². The van der Waals surface area contributed by atoms with E-state index in [9.17, 15) is 0 Å². The van der Waals surface area contributed by atoms with Crippen LogP contribution in [-0.2, 0) is 17.7 Å². The third-order valence-corrected chi connectivity index (χ3v) is 1.78. The van der Waals surface area contributed by atoms with Crippen LogP contribution in [0.5, 0.6) is 0 Å². The van der Waals surface area contributed by atoms with Crippen molar-refractivity contribution in [2.24, 2.45) is 0 Å². The van der Waals surface area contributed by atoms with Crippen molar-refractivity contribution in [3.8, 4) is 0 Å². The van der Waals surface area contributed by atoms with E-state index in [-0.39, 0.29) is 6.61 Å². The number of nitrogens with zero attached hydrogens (tertiary/aromatic N) is 3. The first-order valence-corrected chi connectivity index (χ1v) is 4.94. The highest BCUT2D eigenvalue weighted by Crippen LogP contribution is 1.96. The van der Waals surface area contributed by atoms with Crippen molar-refractivity contribution in [3.05, 3.63) is 11.9 Å². The summed E-state index contributed by atoms with van der Waals surface area (Å²) in [5.74, 6) is 0. The fourth-order valence-corrected chi connectivity index (χ4v) is 1.13. The van der Waals surface area contributed by atoms with Crippen LogP contribution in [-0.4, -0.2) is 39.9 Å². The molecule has 1 N–H and O–H groups in total. The van der Waals surface area contributed by atoms with Gasteiger partial charge in [-0.15, -0.1) is 5.10 Å². The summed E-state index contributed by atoms with van der Waals surface area (Å²) in [6.07, 6.45) is 3.75. The molecular formula is C9H17N3O2. The molecule has 0 fully saturated rings. The number of aliphatic hydroxyl groups is 1. The van der Waals surface area contributed by atoms with Gasteiger partial charge >= 0.3 is 0 Å². The van der Waals surface area contributed by atoms with Gasteiger partial charge in [0.15, 0.2) is 0 Å². The SMILES string of the molecule is CCCn1cc(CCOCCO)nn1. The van der Waals surface area contributed by atoms with Crippen LogP contribution >= 0.6 is 0 Å². The molecule has 14 heavy (non-hydrogen) atoms. The maximum atomic E-state index is 8.48. The first-order chi connectivity index (χ1) is 6.86. The summed E-state index contributed by atoms with van der Waals surface area (Å²) in [7, 11) is 0. The quantitative estimate of drug-likeness (QED) is 0.639. The first-order valence-electron chi connectivity index (χ1n) is 4.94. The van der Waals surface area contributed by atoms with Gasteiger partial charge in [0.25, 0.3) is 0 Å². The van der Waals surface area contributed by atoms with Gasteiger partial charge in [-0.1, -0.05) is 12.1 Å². The zero-order valence-electron chi connectivity index (χ0n) is 8.52. The Bertz CT molecular complexity index is 250. The molecule has 0 aromatic carbocycles. The summed E-state index contributed by atoms with van der Waals surface area (Å²) in [5.41, 5.74) is 0.941. The molecule has 0 atom stereocenters. The van der Waals surface area contributed by atoms with Gasteiger partial charge in [0.05, 0.1) is 25.5 Å². The fourth-order valence-electron chi connectivity index (χ4n) is 1.13. The molecule has 0 saturated carbocycles. The van der Waals surface area contributed by atoms with E-state index in [0.717, 1.165) is 25.1 Å². The maximum Gasteiger partial charge on any atom is 0.0850 e. The zero-order chi connectivity index (χ0) is 10.2. The largest absolute Gasteiger partial charge is 0.394 e. The van der Waals surface area contributed by atoms with Gasteiger partial charge < -0.3 is 9.84 Å². The molecule has 0 aliphatic carbocycles. The lowest BCUT2D eigenvalue weighted by molar-refractivity contribution is 0.0940. The van der Waals surface area contributed by atoms with E-state index < -0.39 is 0 Å². The molecule has 1 aromatic rings. The maximum absolute atomic E-state index is 8.48.